The molecule has 0 saturated heterocycles. The number of rotatable bonds is 4. The van der Waals surface area contributed by atoms with Crippen molar-refractivity contribution in [3.63, 3.8) is 0 Å². The van der Waals surface area contributed by atoms with Crippen molar-refractivity contribution in [2.75, 3.05) is 10.2 Å². The SMILES string of the molecule is CC(C)c1ccc(NC(=O)C2(C(=O)N3c4ccccc4CC3C)CC2)cc1. The molecule has 1 aliphatic carbocycles. The van der Waals surface area contributed by atoms with Crippen LogP contribution in [0.1, 0.15) is 50.7 Å². The average molecular weight is 362 g/mol. The Kier molecular flexibility index (Phi) is 4.29. The lowest BCUT2D eigenvalue weighted by molar-refractivity contribution is -0.132. The third-order valence-electron chi connectivity index (χ3n) is 5.86. The normalized spacial score (nSPS) is 19.7. The highest BCUT2D eigenvalue weighted by molar-refractivity contribution is 6.18. The van der Waals surface area contributed by atoms with Crippen LogP contribution in [0.2, 0.25) is 0 Å². The van der Waals surface area contributed by atoms with Gasteiger partial charge < -0.3 is 10.2 Å². The van der Waals surface area contributed by atoms with E-state index in [1.54, 1.807) is 0 Å². The Morgan fingerprint density at radius 2 is 1.74 bits per heavy atom. The highest BCUT2D eigenvalue weighted by Gasteiger charge is 2.59. The fraction of sp³-hybridized carbons (Fsp3) is 0.391. The molecule has 4 nitrogen and oxygen atoms in total. The van der Waals surface area contributed by atoms with Gasteiger partial charge >= 0.3 is 0 Å². The molecule has 2 aliphatic rings. The number of carbonyl (C=O) groups is 2. The van der Waals surface area contributed by atoms with Crippen LogP contribution in [-0.4, -0.2) is 17.9 Å². The van der Waals surface area contributed by atoms with Gasteiger partial charge in [0.1, 0.15) is 5.41 Å². The summed E-state index contributed by atoms with van der Waals surface area (Å²) in [7, 11) is 0. The Bertz CT molecular complexity index is 882. The molecule has 1 unspecified atom stereocenters. The van der Waals surface area contributed by atoms with Crippen molar-refractivity contribution in [2.24, 2.45) is 5.41 Å². The maximum atomic E-state index is 13.3. The van der Waals surface area contributed by atoms with Gasteiger partial charge in [0.2, 0.25) is 11.8 Å². The molecule has 4 rings (SSSR count). The number of nitrogens with one attached hydrogen (secondary N) is 1. The smallest absolute Gasteiger partial charge is 0.242 e. The van der Waals surface area contributed by atoms with Gasteiger partial charge in [-0.1, -0.05) is 44.2 Å². The van der Waals surface area contributed by atoms with E-state index in [4.69, 9.17) is 0 Å². The van der Waals surface area contributed by atoms with E-state index in [1.807, 2.05) is 47.4 Å². The van der Waals surface area contributed by atoms with Crippen molar-refractivity contribution in [3.05, 3.63) is 59.7 Å². The van der Waals surface area contributed by atoms with E-state index in [1.165, 1.54) is 11.1 Å². The minimum atomic E-state index is -0.914. The van der Waals surface area contributed by atoms with E-state index in [-0.39, 0.29) is 17.9 Å². The summed E-state index contributed by atoms with van der Waals surface area (Å²) in [4.78, 5) is 28.2. The molecule has 2 amide bonds. The van der Waals surface area contributed by atoms with Crippen LogP contribution in [0.3, 0.4) is 0 Å². The lowest BCUT2D eigenvalue weighted by Crippen LogP contribution is -2.45. The molecule has 1 fully saturated rings. The van der Waals surface area contributed by atoms with E-state index in [0.29, 0.717) is 18.8 Å². The van der Waals surface area contributed by atoms with Gasteiger partial charge in [0.25, 0.3) is 0 Å². The number of anilines is 2. The van der Waals surface area contributed by atoms with Crippen LogP contribution >= 0.6 is 0 Å². The van der Waals surface area contributed by atoms with Crippen molar-refractivity contribution in [1.29, 1.82) is 0 Å². The van der Waals surface area contributed by atoms with E-state index in [9.17, 15) is 9.59 Å². The quantitative estimate of drug-likeness (QED) is 0.814. The average Bonchev–Trinajstić information content (AvgIpc) is 3.39. The number of hydrogen-bond acceptors (Lipinski definition) is 2. The van der Waals surface area contributed by atoms with Gasteiger partial charge in [-0.2, -0.15) is 0 Å². The molecule has 0 radical (unpaired) electrons. The first-order valence-electron chi connectivity index (χ1n) is 9.75. The molecule has 1 heterocycles. The van der Waals surface area contributed by atoms with E-state index < -0.39 is 5.41 Å². The molecular weight excluding hydrogens is 336 g/mol. The fourth-order valence-electron chi connectivity index (χ4n) is 3.97. The van der Waals surface area contributed by atoms with Crippen molar-refractivity contribution in [3.8, 4) is 0 Å². The highest BCUT2D eigenvalue weighted by atomic mass is 16.2. The van der Waals surface area contributed by atoms with Crippen LogP contribution in [0.4, 0.5) is 11.4 Å². The number of hydrogen-bond donors (Lipinski definition) is 1. The third kappa shape index (κ3) is 3.03. The molecule has 0 aromatic heterocycles. The van der Waals surface area contributed by atoms with E-state index in [2.05, 4.69) is 32.2 Å². The first-order chi connectivity index (χ1) is 12.9. The molecule has 1 saturated carbocycles. The van der Waals surface area contributed by atoms with Gasteiger partial charge in [-0.05, 0) is 61.4 Å². The lowest BCUT2D eigenvalue weighted by Gasteiger charge is -2.27. The van der Waals surface area contributed by atoms with Crippen molar-refractivity contribution in [2.45, 2.75) is 52.0 Å². The zero-order chi connectivity index (χ0) is 19.2. The second-order valence-electron chi connectivity index (χ2n) is 8.17. The van der Waals surface area contributed by atoms with Crippen LogP contribution in [0.5, 0.6) is 0 Å². The maximum Gasteiger partial charge on any atom is 0.242 e. The van der Waals surface area contributed by atoms with Gasteiger partial charge in [0.05, 0.1) is 0 Å². The summed E-state index contributed by atoms with van der Waals surface area (Å²) >= 11 is 0. The molecule has 4 heteroatoms. The summed E-state index contributed by atoms with van der Waals surface area (Å²) in [5.41, 5.74) is 3.20. The summed E-state index contributed by atoms with van der Waals surface area (Å²) in [6, 6.07) is 16.0. The lowest BCUT2D eigenvalue weighted by atomic mass is 10.0. The molecule has 0 spiro atoms. The minimum absolute atomic E-state index is 0.0590. The van der Waals surface area contributed by atoms with Gasteiger partial charge in [-0.15, -0.1) is 0 Å². The molecule has 2 aromatic rings. The highest BCUT2D eigenvalue weighted by Crippen LogP contribution is 2.50. The fourth-order valence-corrected chi connectivity index (χ4v) is 3.97. The van der Waals surface area contributed by atoms with Crippen molar-refractivity contribution < 1.29 is 9.59 Å². The Labute approximate surface area is 160 Å². The summed E-state index contributed by atoms with van der Waals surface area (Å²) in [5, 5.41) is 2.97. The molecule has 1 N–H and O–H groups in total. The van der Waals surface area contributed by atoms with Crippen LogP contribution in [0, 0.1) is 5.41 Å². The molecule has 140 valence electrons. The Morgan fingerprint density at radius 3 is 2.37 bits per heavy atom. The first kappa shape index (κ1) is 17.8. The van der Waals surface area contributed by atoms with Crippen LogP contribution in [0.25, 0.3) is 0 Å². The number of fused-ring (bicyclic) bond motifs is 1. The summed E-state index contributed by atoms with van der Waals surface area (Å²) in [6.07, 6.45) is 2.08. The van der Waals surface area contributed by atoms with Crippen LogP contribution in [0.15, 0.2) is 48.5 Å². The molecule has 1 atom stereocenters. The Balaban J connectivity index is 1.53. The maximum absolute atomic E-state index is 13.3. The molecular formula is C23H26N2O2. The van der Waals surface area contributed by atoms with Crippen molar-refractivity contribution >= 4 is 23.2 Å². The Morgan fingerprint density at radius 1 is 1.07 bits per heavy atom. The van der Waals surface area contributed by atoms with Crippen LogP contribution in [-0.2, 0) is 16.0 Å². The standard InChI is InChI=1S/C23H26N2O2/c1-15(2)17-8-10-19(11-9-17)24-21(26)23(12-13-23)22(27)25-16(3)14-18-6-4-5-7-20(18)25/h4-11,15-16H,12-14H2,1-3H3,(H,24,26). The van der Waals surface area contributed by atoms with Crippen molar-refractivity contribution in [1.82, 2.24) is 0 Å². The molecule has 2 aromatic carbocycles. The van der Waals surface area contributed by atoms with Crippen LogP contribution < -0.4 is 10.2 Å². The summed E-state index contributed by atoms with van der Waals surface area (Å²) in [6.45, 7) is 6.33. The third-order valence-corrected chi connectivity index (χ3v) is 5.86. The minimum Gasteiger partial charge on any atom is -0.325 e. The van der Waals surface area contributed by atoms with Gasteiger partial charge in [0.15, 0.2) is 0 Å². The zero-order valence-corrected chi connectivity index (χ0v) is 16.2. The number of nitrogens with zero attached hydrogens (tertiary/aromatic N) is 1. The Hall–Kier alpha value is -2.62. The monoisotopic (exact) mass is 362 g/mol. The van der Waals surface area contributed by atoms with E-state index in [0.717, 1.165) is 17.8 Å². The number of amides is 2. The summed E-state index contributed by atoms with van der Waals surface area (Å²) < 4.78 is 0. The van der Waals surface area contributed by atoms with E-state index >= 15 is 0 Å². The first-order valence-corrected chi connectivity index (χ1v) is 9.75. The second-order valence-corrected chi connectivity index (χ2v) is 8.17. The number of benzene rings is 2. The number of carbonyl (C=O) groups excluding carboxylic acids is 2. The topological polar surface area (TPSA) is 49.4 Å². The molecule has 27 heavy (non-hydrogen) atoms. The molecule has 1 aliphatic heterocycles. The second kappa shape index (κ2) is 6.52. The van der Waals surface area contributed by atoms with Gasteiger partial charge in [0, 0.05) is 17.4 Å². The van der Waals surface area contributed by atoms with Gasteiger partial charge in [-0.3, -0.25) is 9.59 Å². The largest absolute Gasteiger partial charge is 0.325 e. The zero-order valence-electron chi connectivity index (χ0n) is 16.2. The summed E-state index contributed by atoms with van der Waals surface area (Å²) in [5.74, 6) is 0.209. The predicted octanol–water partition coefficient (Wildman–Crippen LogP) is 4.51. The van der Waals surface area contributed by atoms with Gasteiger partial charge in [-0.25, -0.2) is 0 Å². The number of para-hydroxylation sites is 1. The molecule has 0 bridgehead atoms. The predicted molar refractivity (Wildman–Crippen MR) is 108 cm³/mol.